The Balaban J connectivity index is 2.20. The lowest BCUT2D eigenvalue weighted by atomic mass is 10.0. The highest BCUT2D eigenvalue weighted by atomic mass is 32.2. The zero-order valence-electron chi connectivity index (χ0n) is 14.7. The highest BCUT2D eigenvalue weighted by Gasteiger charge is 2.34. The molecule has 3 aromatic carbocycles. The maximum Gasteiger partial charge on any atom is 0.192 e. The van der Waals surface area contributed by atoms with Crippen molar-refractivity contribution in [3.8, 4) is 0 Å². The van der Waals surface area contributed by atoms with E-state index in [1.54, 1.807) is 44.2 Å². The number of hydrogen-bond donors (Lipinski definition) is 0. The highest BCUT2D eigenvalue weighted by molar-refractivity contribution is 7.92. The second-order valence-electron chi connectivity index (χ2n) is 6.47. The van der Waals surface area contributed by atoms with Crippen LogP contribution in [0.25, 0.3) is 10.8 Å². The number of benzene rings is 3. The van der Waals surface area contributed by atoms with E-state index in [4.69, 9.17) is 0 Å². The monoisotopic (exact) mass is 364 g/mol. The first-order valence-electron chi connectivity index (χ1n) is 8.36. The topological polar surface area (TPSA) is 51.2 Å². The van der Waals surface area contributed by atoms with Crippen molar-refractivity contribution in [2.24, 2.45) is 0 Å². The van der Waals surface area contributed by atoms with Gasteiger partial charge in [0.25, 0.3) is 0 Å². The lowest BCUT2D eigenvalue weighted by Gasteiger charge is -2.17. The number of allylic oxidation sites excluding steroid dienone is 2. The Bertz CT molecular complexity index is 1080. The molecule has 0 spiro atoms. The molecular weight excluding hydrogens is 344 g/mol. The molecule has 3 aromatic rings. The Morgan fingerprint density at radius 2 is 1.46 bits per heavy atom. The molecule has 26 heavy (non-hydrogen) atoms. The average Bonchev–Trinajstić information content (AvgIpc) is 2.61. The van der Waals surface area contributed by atoms with Crippen LogP contribution in [0.1, 0.15) is 24.7 Å². The molecule has 3 rings (SSSR count). The minimum atomic E-state index is -3.86. The van der Waals surface area contributed by atoms with Crippen LogP contribution in [0, 0.1) is 0 Å². The molecule has 0 aliphatic heterocycles. The molecule has 0 aliphatic rings. The van der Waals surface area contributed by atoms with Gasteiger partial charge in [-0.25, -0.2) is 8.42 Å². The summed E-state index contributed by atoms with van der Waals surface area (Å²) in [6.45, 7) is 3.56. The first-order chi connectivity index (χ1) is 12.4. The fourth-order valence-electron chi connectivity index (χ4n) is 2.97. The summed E-state index contributed by atoms with van der Waals surface area (Å²) in [6.07, 6.45) is 1.40. The Labute approximate surface area is 153 Å². The van der Waals surface area contributed by atoms with Gasteiger partial charge in [-0.2, -0.15) is 0 Å². The zero-order valence-corrected chi connectivity index (χ0v) is 15.5. The van der Waals surface area contributed by atoms with Gasteiger partial charge < -0.3 is 0 Å². The van der Waals surface area contributed by atoms with Gasteiger partial charge in [-0.05, 0) is 54.5 Å². The van der Waals surface area contributed by atoms with Gasteiger partial charge in [0.1, 0.15) is 0 Å². The number of sulfone groups is 1. The molecule has 0 radical (unpaired) electrons. The minimum absolute atomic E-state index is 0.147. The fourth-order valence-corrected chi connectivity index (χ4v) is 4.66. The van der Waals surface area contributed by atoms with Gasteiger partial charge in [0.2, 0.25) is 0 Å². The number of fused-ring (bicyclic) bond motifs is 1. The third-order valence-electron chi connectivity index (χ3n) is 4.15. The molecule has 0 aliphatic carbocycles. The second kappa shape index (κ2) is 7.26. The van der Waals surface area contributed by atoms with Gasteiger partial charge in [-0.1, -0.05) is 60.2 Å². The smallest absolute Gasteiger partial charge is 0.192 e. The van der Waals surface area contributed by atoms with Crippen LogP contribution in [0.2, 0.25) is 0 Å². The quantitative estimate of drug-likeness (QED) is 0.606. The maximum atomic E-state index is 13.2. The van der Waals surface area contributed by atoms with E-state index < -0.39 is 20.9 Å². The summed E-state index contributed by atoms with van der Waals surface area (Å²) in [6, 6.07) is 21.2. The van der Waals surface area contributed by atoms with Crippen LogP contribution in [0.15, 0.2) is 89.3 Å². The SMILES string of the molecule is CC(C)=CC(=O)C(c1ccc2ccccc2c1)S(=O)(=O)c1ccccc1. The fraction of sp³-hybridized carbons (Fsp3) is 0.136. The lowest BCUT2D eigenvalue weighted by molar-refractivity contribution is -0.114. The molecule has 0 amide bonds. The first kappa shape index (κ1) is 18.1. The van der Waals surface area contributed by atoms with Crippen LogP contribution < -0.4 is 0 Å². The predicted molar refractivity (Wildman–Crippen MR) is 105 cm³/mol. The molecule has 1 unspecified atom stereocenters. The van der Waals surface area contributed by atoms with Crippen LogP contribution in [0.3, 0.4) is 0 Å². The van der Waals surface area contributed by atoms with E-state index in [1.165, 1.54) is 18.2 Å². The predicted octanol–water partition coefficient (Wildman–Crippen LogP) is 4.89. The zero-order chi connectivity index (χ0) is 18.7. The van der Waals surface area contributed by atoms with Crippen LogP contribution in [-0.4, -0.2) is 14.2 Å². The summed E-state index contributed by atoms with van der Waals surface area (Å²) >= 11 is 0. The van der Waals surface area contributed by atoms with Crippen LogP contribution in [0.4, 0.5) is 0 Å². The standard InChI is InChI=1S/C22H20O3S/c1-16(2)14-21(23)22(26(24,25)20-10-4-3-5-11-20)19-13-12-17-8-6-7-9-18(17)15-19/h3-15,22H,1-2H3. The summed E-state index contributed by atoms with van der Waals surface area (Å²) in [4.78, 5) is 13.0. The van der Waals surface area contributed by atoms with Gasteiger partial charge in [0.15, 0.2) is 20.9 Å². The van der Waals surface area contributed by atoms with Crippen molar-refractivity contribution in [3.63, 3.8) is 0 Å². The van der Waals surface area contributed by atoms with Crippen molar-refractivity contribution in [2.45, 2.75) is 24.0 Å². The molecular formula is C22H20O3S. The number of carbonyl (C=O) groups excluding carboxylic acids is 1. The third-order valence-corrected chi connectivity index (χ3v) is 6.20. The largest absolute Gasteiger partial charge is 0.293 e. The number of carbonyl (C=O) groups is 1. The lowest BCUT2D eigenvalue weighted by Crippen LogP contribution is -2.21. The average molecular weight is 364 g/mol. The Morgan fingerprint density at radius 1 is 0.846 bits per heavy atom. The normalized spacial score (nSPS) is 12.5. The molecule has 0 aromatic heterocycles. The van der Waals surface area contributed by atoms with E-state index in [-0.39, 0.29) is 4.90 Å². The van der Waals surface area contributed by atoms with Crippen molar-refractivity contribution in [1.29, 1.82) is 0 Å². The van der Waals surface area contributed by atoms with E-state index >= 15 is 0 Å². The van der Waals surface area contributed by atoms with E-state index in [9.17, 15) is 13.2 Å². The second-order valence-corrected chi connectivity index (χ2v) is 8.50. The minimum Gasteiger partial charge on any atom is -0.293 e. The molecule has 4 heteroatoms. The maximum absolute atomic E-state index is 13.2. The number of ketones is 1. The molecule has 0 saturated carbocycles. The van der Waals surface area contributed by atoms with Crippen molar-refractivity contribution in [2.75, 3.05) is 0 Å². The van der Waals surface area contributed by atoms with Crippen molar-refractivity contribution in [1.82, 2.24) is 0 Å². The van der Waals surface area contributed by atoms with E-state index in [1.807, 2.05) is 30.3 Å². The first-order valence-corrected chi connectivity index (χ1v) is 9.90. The van der Waals surface area contributed by atoms with Crippen LogP contribution >= 0.6 is 0 Å². The highest BCUT2D eigenvalue weighted by Crippen LogP contribution is 2.32. The van der Waals surface area contributed by atoms with Gasteiger partial charge in [0, 0.05) is 0 Å². The van der Waals surface area contributed by atoms with Gasteiger partial charge >= 0.3 is 0 Å². The van der Waals surface area contributed by atoms with E-state index in [0.29, 0.717) is 5.56 Å². The molecule has 0 heterocycles. The molecule has 0 bridgehead atoms. The van der Waals surface area contributed by atoms with Crippen LogP contribution in [-0.2, 0) is 14.6 Å². The summed E-state index contributed by atoms with van der Waals surface area (Å²) in [5, 5.41) is 0.648. The van der Waals surface area contributed by atoms with Crippen molar-refractivity contribution in [3.05, 3.63) is 90.0 Å². The van der Waals surface area contributed by atoms with Gasteiger partial charge in [0.05, 0.1) is 4.90 Å². The van der Waals surface area contributed by atoms with Crippen molar-refractivity contribution < 1.29 is 13.2 Å². The van der Waals surface area contributed by atoms with Crippen LogP contribution in [0.5, 0.6) is 0 Å². The van der Waals surface area contributed by atoms with Gasteiger partial charge in [-0.15, -0.1) is 0 Å². The molecule has 3 nitrogen and oxygen atoms in total. The molecule has 0 saturated heterocycles. The number of hydrogen-bond acceptors (Lipinski definition) is 3. The summed E-state index contributed by atoms with van der Waals surface area (Å²) in [5.74, 6) is -0.427. The summed E-state index contributed by atoms with van der Waals surface area (Å²) in [7, 11) is -3.86. The van der Waals surface area contributed by atoms with E-state index in [0.717, 1.165) is 16.3 Å². The Kier molecular flexibility index (Phi) is 5.05. The summed E-state index contributed by atoms with van der Waals surface area (Å²) < 4.78 is 26.5. The Hall–Kier alpha value is -2.72. The Morgan fingerprint density at radius 3 is 2.12 bits per heavy atom. The summed E-state index contributed by atoms with van der Waals surface area (Å²) in [5.41, 5.74) is 1.25. The molecule has 0 N–H and O–H groups in total. The number of rotatable bonds is 5. The third kappa shape index (κ3) is 3.60. The van der Waals surface area contributed by atoms with E-state index in [2.05, 4.69) is 0 Å². The molecule has 132 valence electrons. The molecule has 0 fully saturated rings. The molecule has 1 atom stereocenters. The van der Waals surface area contributed by atoms with Gasteiger partial charge in [-0.3, -0.25) is 4.79 Å². The van der Waals surface area contributed by atoms with Crippen molar-refractivity contribution >= 4 is 26.4 Å².